The summed E-state index contributed by atoms with van der Waals surface area (Å²) in [6.45, 7) is 4.37. The highest BCUT2D eigenvalue weighted by Crippen LogP contribution is 2.43. The van der Waals surface area contributed by atoms with Gasteiger partial charge in [0.15, 0.2) is 6.10 Å². The molecule has 10 heteroatoms. The highest BCUT2D eigenvalue weighted by molar-refractivity contribution is 7.47. The van der Waals surface area contributed by atoms with Crippen molar-refractivity contribution in [3.63, 3.8) is 0 Å². The summed E-state index contributed by atoms with van der Waals surface area (Å²) in [6, 6.07) is 0. The lowest BCUT2D eigenvalue weighted by Crippen LogP contribution is -2.29. The molecule has 0 radical (unpaired) electrons. The van der Waals surface area contributed by atoms with Gasteiger partial charge >= 0.3 is 19.8 Å². The van der Waals surface area contributed by atoms with Gasteiger partial charge in [0.25, 0.3) is 0 Å². The summed E-state index contributed by atoms with van der Waals surface area (Å²) in [5, 5.41) is 0. The van der Waals surface area contributed by atoms with Crippen LogP contribution in [0.2, 0.25) is 0 Å². The van der Waals surface area contributed by atoms with E-state index in [1.54, 1.807) is 0 Å². The average Bonchev–Trinajstić information content (AvgIpc) is 3.15. The maximum Gasteiger partial charge on any atom is 0.472 e. The Morgan fingerprint density at radius 1 is 0.491 bits per heavy atom. The minimum atomic E-state index is -4.35. The van der Waals surface area contributed by atoms with Crippen molar-refractivity contribution in [2.45, 2.75) is 238 Å². The third-order valence-electron chi connectivity index (χ3n) is 10.4. The molecule has 0 amide bonds. The highest BCUT2D eigenvalue weighted by atomic mass is 31.2. The smallest absolute Gasteiger partial charge is 0.462 e. The van der Waals surface area contributed by atoms with Crippen molar-refractivity contribution in [2.24, 2.45) is 0 Å². The Hall–Kier alpha value is -0.990. The van der Waals surface area contributed by atoms with Crippen LogP contribution in [0.25, 0.3) is 0 Å². The zero-order chi connectivity index (χ0) is 40.5. The molecule has 2 unspecified atom stereocenters. The van der Waals surface area contributed by atoms with E-state index in [0.717, 1.165) is 38.5 Å². The van der Waals surface area contributed by atoms with E-state index in [1.165, 1.54) is 167 Å². The molecule has 55 heavy (non-hydrogen) atoms. The number of unbranched alkanes of at least 4 members (excludes halogenated alkanes) is 30. The van der Waals surface area contributed by atoms with Gasteiger partial charge in [-0.25, -0.2) is 4.57 Å². The van der Waals surface area contributed by atoms with E-state index in [0.29, 0.717) is 13.0 Å². The molecule has 0 aliphatic carbocycles. The number of likely N-dealkylation sites (N-methyl/N-ethyl adjacent to an activating group) is 1. The number of phosphoric acid groups is 1. The molecule has 0 heterocycles. The Morgan fingerprint density at radius 3 is 1.16 bits per heavy atom. The minimum absolute atomic E-state index is 0.0127. The molecule has 328 valence electrons. The van der Waals surface area contributed by atoms with Gasteiger partial charge in [0.1, 0.15) is 6.61 Å². The Kier molecular flexibility index (Phi) is 40.4. The first-order valence-electron chi connectivity index (χ1n) is 23.3. The van der Waals surface area contributed by atoms with E-state index in [9.17, 15) is 19.0 Å². The van der Waals surface area contributed by atoms with E-state index in [-0.39, 0.29) is 25.6 Å². The monoisotopic (exact) mass is 804 g/mol. The van der Waals surface area contributed by atoms with Gasteiger partial charge in [0.2, 0.25) is 0 Å². The summed E-state index contributed by atoms with van der Waals surface area (Å²) in [5.41, 5.74) is 0. The van der Waals surface area contributed by atoms with Crippen molar-refractivity contribution in [2.75, 3.05) is 40.5 Å². The molecule has 0 spiro atoms. The number of nitrogens with zero attached hydrogens (tertiary/aromatic N) is 1. The molecule has 0 bridgehead atoms. The number of hydrogen-bond acceptors (Lipinski definition) is 8. The molecule has 2 atom stereocenters. The molecule has 0 aliphatic heterocycles. The molecular formula is C45H90NO8P. The minimum Gasteiger partial charge on any atom is -0.462 e. The van der Waals surface area contributed by atoms with Crippen LogP contribution in [-0.2, 0) is 32.7 Å². The molecule has 0 fully saturated rings. The Bertz CT molecular complexity index is 889. The summed E-state index contributed by atoms with van der Waals surface area (Å²) in [7, 11) is -0.696. The SMILES string of the molecule is CCCCCCCCCCCCCCCCCCCC(=O)OC(COC(=O)CCCCCCCCCCCCCCCCC)COP(=O)(O)OCCN(C)C. The normalized spacial score (nSPS) is 13.3. The van der Waals surface area contributed by atoms with Gasteiger partial charge in [-0.2, -0.15) is 0 Å². The van der Waals surface area contributed by atoms with Gasteiger partial charge in [0, 0.05) is 19.4 Å². The van der Waals surface area contributed by atoms with Crippen LogP contribution in [0.4, 0.5) is 0 Å². The standard InChI is InChI=1S/C45H90NO8P/c1-5-7-9-11-13-15-17-19-21-22-24-26-28-30-32-34-36-38-45(48)54-43(42-53-55(49,50)52-40-39-46(3)4)41-51-44(47)37-35-33-31-29-27-25-23-20-18-16-14-12-10-8-6-2/h43H,5-42H2,1-4H3,(H,49,50). The second-order valence-electron chi connectivity index (χ2n) is 16.3. The van der Waals surface area contributed by atoms with Crippen LogP contribution in [0.3, 0.4) is 0 Å². The number of carbonyl (C=O) groups is 2. The van der Waals surface area contributed by atoms with Crippen LogP contribution in [0.15, 0.2) is 0 Å². The first-order valence-corrected chi connectivity index (χ1v) is 24.8. The number of phosphoric ester groups is 1. The molecule has 0 saturated carbocycles. The lowest BCUT2D eigenvalue weighted by Gasteiger charge is -2.20. The molecule has 0 aromatic heterocycles. The van der Waals surface area contributed by atoms with Crippen LogP contribution in [-0.4, -0.2) is 68.3 Å². The van der Waals surface area contributed by atoms with E-state index in [4.69, 9.17) is 18.5 Å². The summed E-state index contributed by atoms with van der Waals surface area (Å²) < 4.78 is 33.5. The molecule has 0 rings (SSSR count). The summed E-state index contributed by atoms with van der Waals surface area (Å²) in [5.74, 6) is -0.785. The van der Waals surface area contributed by atoms with E-state index in [2.05, 4.69) is 13.8 Å². The predicted molar refractivity (Wildman–Crippen MR) is 229 cm³/mol. The highest BCUT2D eigenvalue weighted by Gasteiger charge is 2.26. The second kappa shape index (κ2) is 41.2. The maximum absolute atomic E-state index is 12.7. The van der Waals surface area contributed by atoms with Gasteiger partial charge < -0.3 is 19.3 Å². The first kappa shape index (κ1) is 54.0. The van der Waals surface area contributed by atoms with Crippen molar-refractivity contribution in [3.05, 3.63) is 0 Å². The molecular weight excluding hydrogens is 713 g/mol. The van der Waals surface area contributed by atoms with Crippen molar-refractivity contribution >= 4 is 19.8 Å². The fourth-order valence-corrected chi connectivity index (χ4v) is 7.55. The Balaban J connectivity index is 4.20. The van der Waals surface area contributed by atoms with Crippen molar-refractivity contribution < 1.29 is 37.6 Å². The lowest BCUT2D eigenvalue weighted by atomic mass is 10.0. The second-order valence-corrected chi connectivity index (χ2v) is 17.8. The van der Waals surface area contributed by atoms with Crippen molar-refractivity contribution in [3.8, 4) is 0 Å². The third-order valence-corrected chi connectivity index (χ3v) is 11.4. The summed E-state index contributed by atoms with van der Waals surface area (Å²) in [6.07, 6.45) is 40.0. The molecule has 0 aromatic carbocycles. The van der Waals surface area contributed by atoms with Crippen LogP contribution < -0.4 is 0 Å². The number of hydrogen-bond donors (Lipinski definition) is 1. The molecule has 9 nitrogen and oxygen atoms in total. The first-order chi connectivity index (χ1) is 26.7. The number of esters is 2. The predicted octanol–water partition coefficient (Wildman–Crippen LogP) is 13.4. The lowest BCUT2D eigenvalue weighted by molar-refractivity contribution is -0.161. The van der Waals surface area contributed by atoms with Crippen molar-refractivity contribution in [1.29, 1.82) is 0 Å². The Morgan fingerprint density at radius 2 is 0.818 bits per heavy atom. The number of rotatable bonds is 44. The van der Waals surface area contributed by atoms with Gasteiger partial charge in [0.05, 0.1) is 13.2 Å². The van der Waals surface area contributed by atoms with E-state index >= 15 is 0 Å². The maximum atomic E-state index is 12.7. The largest absolute Gasteiger partial charge is 0.472 e. The van der Waals surface area contributed by atoms with Gasteiger partial charge in [-0.15, -0.1) is 0 Å². The quantitative estimate of drug-likeness (QED) is 0.0365. The molecule has 1 N–H and O–H groups in total. The van der Waals surface area contributed by atoms with Crippen LogP contribution >= 0.6 is 7.82 Å². The topological polar surface area (TPSA) is 112 Å². The number of carbonyl (C=O) groups excluding carboxylic acids is 2. The van der Waals surface area contributed by atoms with Crippen LogP contribution in [0.5, 0.6) is 0 Å². The van der Waals surface area contributed by atoms with Gasteiger partial charge in [-0.3, -0.25) is 18.6 Å². The zero-order valence-corrected chi connectivity index (χ0v) is 37.5. The van der Waals surface area contributed by atoms with Gasteiger partial charge in [-0.05, 0) is 26.9 Å². The van der Waals surface area contributed by atoms with Gasteiger partial charge in [-0.1, -0.05) is 206 Å². The zero-order valence-electron chi connectivity index (χ0n) is 36.6. The third kappa shape index (κ3) is 42.4. The van der Waals surface area contributed by atoms with Crippen LogP contribution in [0.1, 0.15) is 232 Å². The van der Waals surface area contributed by atoms with Crippen LogP contribution in [0, 0.1) is 0 Å². The van der Waals surface area contributed by atoms with E-state index < -0.39 is 26.5 Å². The average molecular weight is 804 g/mol. The molecule has 0 aliphatic rings. The fourth-order valence-electron chi connectivity index (χ4n) is 6.81. The van der Waals surface area contributed by atoms with Crippen molar-refractivity contribution in [1.82, 2.24) is 4.90 Å². The number of ether oxygens (including phenoxy) is 2. The molecule has 0 aromatic rings. The Labute approximate surface area is 340 Å². The molecule has 0 saturated heterocycles. The summed E-state index contributed by atoms with van der Waals surface area (Å²) in [4.78, 5) is 37.1. The van der Waals surface area contributed by atoms with E-state index in [1.807, 2.05) is 19.0 Å². The summed E-state index contributed by atoms with van der Waals surface area (Å²) >= 11 is 0. The fraction of sp³-hybridized carbons (Fsp3) is 0.956.